The van der Waals surface area contributed by atoms with Crippen LogP contribution >= 0.6 is 0 Å². The average Bonchev–Trinajstić information content (AvgIpc) is 2.54. The SMILES string of the molecule is COc1ccc(C(=O)c2ccc3cccnc3c2)cc1. The molecule has 0 amide bonds. The quantitative estimate of drug-likeness (QED) is 0.679. The van der Waals surface area contributed by atoms with Crippen LogP contribution in [0.15, 0.2) is 60.8 Å². The average molecular weight is 263 g/mol. The van der Waals surface area contributed by atoms with E-state index in [-0.39, 0.29) is 5.78 Å². The van der Waals surface area contributed by atoms with Crippen molar-refractivity contribution in [2.75, 3.05) is 7.11 Å². The molecule has 3 aromatic rings. The van der Waals surface area contributed by atoms with E-state index in [1.807, 2.05) is 30.3 Å². The Morgan fingerprint density at radius 2 is 1.75 bits per heavy atom. The van der Waals surface area contributed by atoms with Crippen LogP contribution in [0.4, 0.5) is 0 Å². The van der Waals surface area contributed by atoms with Gasteiger partial charge in [-0.15, -0.1) is 0 Å². The summed E-state index contributed by atoms with van der Waals surface area (Å²) in [6.07, 6.45) is 1.73. The predicted octanol–water partition coefficient (Wildman–Crippen LogP) is 3.47. The van der Waals surface area contributed by atoms with Crippen molar-refractivity contribution >= 4 is 16.7 Å². The molecular formula is C17H13NO2. The Labute approximate surface area is 116 Å². The van der Waals surface area contributed by atoms with E-state index in [4.69, 9.17) is 4.74 Å². The highest BCUT2D eigenvalue weighted by molar-refractivity contribution is 6.10. The first-order valence-electron chi connectivity index (χ1n) is 6.31. The number of hydrogen-bond donors (Lipinski definition) is 0. The molecule has 0 aliphatic heterocycles. The van der Waals surface area contributed by atoms with Gasteiger partial charge in [0, 0.05) is 22.7 Å². The number of benzene rings is 2. The Balaban J connectivity index is 1.98. The number of fused-ring (bicyclic) bond motifs is 1. The lowest BCUT2D eigenvalue weighted by molar-refractivity contribution is 0.103. The third kappa shape index (κ3) is 2.26. The zero-order chi connectivity index (χ0) is 13.9. The van der Waals surface area contributed by atoms with Crippen molar-refractivity contribution in [2.24, 2.45) is 0 Å². The molecule has 0 N–H and O–H groups in total. The minimum absolute atomic E-state index is 0.0137. The van der Waals surface area contributed by atoms with Crippen molar-refractivity contribution < 1.29 is 9.53 Å². The summed E-state index contributed by atoms with van der Waals surface area (Å²) < 4.78 is 5.09. The van der Waals surface area contributed by atoms with E-state index < -0.39 is 0 Å². The summed E-state index contributed by atoms with van der Waals surface area (Å²) in [7, 11) is 1.60. The van der Waals surface area contributed by atoms with E-state index in [9.17, 15) is 4.79 Å². The molecule has 3 rings (SSSR count). The molecule has 1 aromatic heterocycles. The van der Waals surface area contributed by atoms with Gasteiger partial charge in [-0.05, 0) is 36.4 Å². The molecule has 3 heteroatoms. The predicted molar refractivity (Wildman–Crippen MR) is 78.2 cm³/mol. The van der Waals surface area contributed by atoms with Crippen molar-refractivity contribution in [1.82, 2.24) is 4.98 Å². The first kappa shape index (κ1) is 12.4. The number of methoxy groups -OCH3 is 1. The van der Waals surface area contributed by atoms with Gasteiger partial charge in [-0.1, -0.05) is 18.2 Å². The van der Waals surface area contributed by atoms with Gasteiger partial charge in [0.05, 0.1) is 12.6 Å². The van der Waals surface area contributed by atoms with Crippen LogP contribution in [0.2, 0.25) is 0 Å². The molecule has 0 saturated carbocycles. The summed E-state index contributed by atoms with van der Waals surface area (Å²) in [5, 5.41) is 1.03. The van der Waals surface area contributed by atoms with E-state index in [0.717, 1.165) is 16.7 Å². The highest BCUT2D eigenvalue weighted by Crippen LogP contribution is 2.18. The fourth-order valence-electron chi connectivity index (χ4n) is 2.12. The van der Waals surface area contributed by atoms with Crippen molar-refractivity contribution in [3.05, 3.63) is 71.9 Å². The second-order valence-corrected chi connectivity index (χ2v) is 4.47. The Kier molecular flexibility index (Phi) is 3.17. The third-order valence-electron chi connectivity index (χ3n) is 3.22. The second-order valence-electron chi connectivity index (χ2n) is 4.47. The van der Waals surface area contributed by atoms with Crippen LogP contribution in [-0.4, -0.2) is 17.9 Å². The molecule has 20 heavy (non-hydrogen) atoms. The van der Waals surface area contributed by atoms with Gasteiger partial charge < -0.3 is 4.74 Å². The molecule has 3 nitrogen and oxygen atoms in total. The van der Waals surface area contributed by atoms with Crippen LogP contribution in [-0.2, 0) is 0 Å². The number of carbonyl (C=O) groups excluding carboxylic acids is 1. The second kappa shape index (κ2) is 5.13. The van der Waals surface area contributed by atoms with Gasteiger partial charge in [-0.3, -0.25) is 9.78 Å². The van der Waals surface area contributed by atoms with Crippen molar-refractivity contribution in [1.29, 1.82) is 0 Å². The van der Waals surface area contributed by atoms with Crippen LogP contribution in [0.5, 0.6) is 5.75 Å². The van der Waals surface area contributed by atoms with Gasteiger partial charge in [0.2, 0.25) is 0 Å². The number of ketones is 1. The molecule has 0 aliphatic rings. The third-order valence-corrected chi connectivity index (χ3v) is 3.22. The van der Waals surface area contributed by atoms with Crippen molar-refractivity contribution in [3.8, 4) is 5.75 Å². The van der Waals surface area contributed by atoms with Crippen molar-refractivity contribution in [2.45, 2.75) is 0 Å². The topological polar surface area (TPSA) is 39.2 Å². The van der Waals surface area contributed by atoms with Crippen LogP contribution in [0.1, 0.15) is 15.9 Å². The maximum absolute atomic E-state index is 12.4. The molecule has 0 bridgehead atoms. The van der Waals surface area contributed by atoms with E-state index in [2.05, 4.69) is 4.98 Å². The van der Waals surface area contributed by atoms with Crippen molar-refractivity contribution in [3.63, 3.8) is 0 Å². The molecule has 0 aliphatic carbocycles. The number of ether oxygens (including phenoxy) is 1. The lowest BCUT2D eigenvalue weighted by Crippen LogP contribution is -2.01. The van der Waals surface area contributed by atoms with Gasteiger partial charge in [0.25, 0.3) is 0 Å². The normalized spacial score (nSPS) is 10.4. The summed E-state index contributed by atoms with van der Waals surface area (Å²) >= 11 is 0. The van der Waals surface area contributed by atoms with Gasteiger partial charge in [-0.2, -0.15) is 0 Å². The molecule has 0 radical (unpaired) electrons. The number of aromatic nitrogens is 1. The molecule has 98 valence electrons. The highest BCUT2D eigenvalue weighted by atomic mass is 16.5. The van der Waals surface area contributed by atoms with Gasteiger partial charge in [0.15, 0.2) is 5.78 Å². The summed E-state index contributed by atoms with van der Waals surface area (Å²) in [5.41, 5.74) is 2.11. The van der Waals surface area contributed by atoms with E-state index >= 15 is 0 Å². The minimum atomic E-state index is -0.0137. The number of carbonyl (C=O) groups is 1. The van der Waals surface area contributed by atoms with Gasteiger partial charge in [-0.25, -0.2) is 0 Å². The summed E-state index contributed by atoms with van der Waals surface area (Å²) in [5.74, 6) is 0.724. The molecule has 1 heterocycles. The molecule has 0 atom stereocenters. The van der Waals surface area contributed by atoms with Crippen LogP contribution in [0.3, 0.4) is 0 Å². The van der Waals surface area contributed by atoms with Crippen LogP contribution in [0, 0.1) is 0 Å². The molecule has 2 aromatic carbocycles. The van der Waals surface area contributed by atoms with Gasteiger partial charge in [0.1, 0.15) is 5.75 Å². The maximum Gasteiger partial charge on any atom is 0.193 e. The first-order valence-corrected chi connectivity index (χ1v) is 6.31. The monoisotopic (exact) mass is 263 g/mol. The minimum Gasteiger partial charge on any atom is -0.497 e. The Bertz CT molecular complexity index is 763. The summed E-state index contributed by atoms with van der Waals surface area (Å²) in [6.45, 7) is 0. The molecule has 0 saturated heterocycles. The Hall–Kier alpha value is -2.68. The number of rotatable bonds is 3. The maximum atomic E-state index is 12.4. The van der Waals surface area contributed by atoms with Gasteiger partial charge >= 0.3 is 0 Å². The summed E-state index contributed by atoms with van der Waals surface area (Å²) in [6, 6.07) is 16.5. The lowest BCUT2D eigenvalue weighted by Gasteiger charge is -2.04. The first-order chi connectivity index (χ1) is 9.78. The fourth-order valence-corrected chi connectivity index (χ4v) is 2.12. The van der Waals surface area contributed by atoms with E-state index in [1.54, 1.807) is 37.6 Å². The lowest BCUT2D eigenvalue weighted by atomic mass is 10.0. The zero-order valence-corrected chi connectivity index (χ0v) is 11.0. The number of pyridine rings is 1. The Morgan fingerprint density at radius 1 is 1.00 bits per heavy atom. The van der Waals surface area contributed by atoms with Crippen LogP contribution in [0.25, 0.3) is 10.9 Å². The summed E-state index contributed by atoms with van der Waals surface area (Å²) in [4.78, 5) is 16.7. The number of hydrogen-bond acceptors (Lipinski definition) is 3. The Morgan fingerprint density at radius 3 is 2.50 bits per heavy atom. The van der Waals surface area contributed by atoms with E-state index in [1.165, 1.54) is 0 Å². The highest BCUT2D eigenvalue weighted by Gasteiger charge is 2.10. The molecule has 0 unspecified atom stereocenters. The van der Waals surface area contributed by atoms with Crippen LogP contribution < -0.4 is 4.74 Å². The zero-order valence-electron chi connectivity index (χ0n) is 11.0. The standard InChI is InChI=1S/C17H13NO2/c1-20-15-8-6-13(7-9-15)17(19)14-5-4-12-3-2-10-18-16(12)11-14/h2-11H,1H3. The fraction of sp³-hybridized carbons (Fsp3) is 0.0588. The smallest absolute Gasteiger partial charge is 0.193 e. The molecule has 0 fully saturated rings. The number of nitrogens with zero attached hydrogens (tertiary/aromatic N) is 1. The van der Waals surface area contributed by atoms with E-state index in [0.29, 0.717) is 11.1 Å². The largest absolute Gasteiger partial charge is 0.497 e. The molecular weight excluding hydrogens is 250 g/mol. The molecule has 0 spiro atoms.